The van der Waals surface area contributed by atoms with E-state index in [4.69, 9.17) is 0 Å². The summed E-state index contributed by atoms with van der Waals surface area (Å²) in [5.74, 6) is 0.161. The van der Waals surface area contributed by atoms with Crippen LogP contribution in [0.4, 0.5) is 0 Å². The molecule has 0 amide bonds. The Labute approximate surface area is 241 Å². The molecule has 0 saturated carbocycles. The van der Waals surface area contributed by atoms with Crippen LogP contribution in [-0.4, -0.2) is 15.0 Å². The molecule has 1 aliphatic carbocycles. The monoisotopic (exact) mass is 533 g/mol. The molecule has 0 bridgehead atoms. The van der Waals surface area contributed by atoms with E-state index in [1.165, 1.54) is 33.0 Å². The number of rotatable bonds is 3. The summed E-state index contributed by atoms with van der Waals surface area (Å²) in [6.07, 6.45) is 0. The van der Waals surface area contributed by atoms with Gasteiger partial charge in [0.15, 0.2) is 5.82 Å². The standard InChI is InChI=1S/C37H19N5/c38-20-30-40-31(21-39)42-37(41-30)27-18-19-29-34-26(27)16-9-17-28(34)35-32(22-10-3-1-4-11-22)24-14-7-8-15-25(24)33(36(29)35)23-12-5-2-6-13-23/h1-19H. The van der Waals surface area contributed by atoms with E-state index in [1.54, 1.807) is 0 Å². The highest BCUT2D eigenvalue weighted by Gasteiger charge is 2.31. The number of fused-ring (bicyclic) bond motifs is 4. The van der Waals surface area contributed by atoms with Crippen LogP contribution in [0.15, 0.2) is 115 Å². The minimum atomic E-state index is -0.0768. The first-order valence-electron chi connectivity index (χ1n) is 13.6. The van der Waals surface area contributed by atoms with Gasteiger partial charge in [-0.2, -0.15) is 25.5 Å². The van der Waals surface area contributed by atoms with Gasteiger partial charge in [-0.3, -0.25) is 0 Å². The van der Waals surface area contributed by atoms with Crippen LogP contribution in [-0.2, 0) is 0 Å². The Bertz CT molecular complexity index is 2190. The quantitative estimate of drug-likeness (QED) is 0.227. The Morgan fingerprint density at radius 2 is 0.881 bits per heavy atom. The second-order valence-electron chi connectivity index (χ2n) is 10.2. The number of benzene rings is 6. The number of nitriles is 2. The third kappa shape index (κ3) is 3.38. The zero-order valence-electron chi connectivity index (χ0n) is 22.2. The molecule has 1 heterocycles. The van der Waals surface area contributed by atoms with E-state index < -0.39 is 0 Å². The van der Waals surface area contributed by atoms with Gasteiger partial charge in [-0.15, -0.1) is 0 Å². The Morgan fingerprint density at radius 1 is 0.405 bits per heavy atom. The zero-order valence-corrected chi connectivity index (χ0v) is 22.2. The summed E-state index contributed by atoms with van der Waals surface area (Å²) in [5, 5.41) is 23.5. The molecule has 6 aromatic carbocycles. The van der Waals surface area contributed by atoms with Crippen molar-refractivity contribution in [1.82, 2.24) is 15.0 Å². The molecular formula is C37H19N5. The molecule has 0 aliphatic heterocycles. The molecular weight excluding hydrogens is 514 g/mol. The summed E-state index contributed by atoms with van der Waals surface area (Å²) >= 11 is 0. The lowest BCUT2D eigenvalue weighted by atomic mass is 9.82. The maximum atomic E-state index is 9.52. The van der Waals surface area contributed by atoms with Crippen LogP contribution in [0.2, 0.25) is 0 Å². The topological polar surface area (TPSA) is 86.2 Å². The van der Waals surface area contributed by atoms with Crippen LogP contribution < -0.4 is 0 Å². The van der Waals surface area contributed by atoms with E-state index in [9.17, 15) is 10.5 Å². The first-order chi connectivity index (χ1) is 20.8. The van der Waals surface area contributed by atoms with Gasteiger partial charge in [-0.1, -0.05) is 109 Å². The fourth-order valence-electron chi connectivity index (χ4n) is 6.40. The summed E-state index contributed by atoms with van der Waals surface area (Å²) in [7, 11) is 0. The highest BCUT2D eigenvalue weighted by atomic mass is 15.0. The Kier molecular flexibility index (Phi) is 5.19. The van der Waals surface area contributed by atoms with Gasteiger partial charge in [0.1, 0.15) is 12.1 Å². The molecule has 0 radical (unpaired) electrons. The van der Waals surface area contributed by atoms with Gasteiger partial charge in [-0.05, 0) is 72.1 Å². The van der Waals surface area contributed by atoms with Crippen LogP contribution in [0, 0.1) is 22.7 Å². The number of hydrogen-bond acceptors (Lipinski definition) is 5. The van der Waals surface area contributed by atoms with Crippen LogP contribution >= 0.6 is 0 Å². The third-order valence-electron chi connectivity index (χ3n) is 8.00. The van der Waals surface area contributed by atoms with E-state index in [2.05, 4.69) is 112 Å². The third-order valence-corrected chi connectivity index (χ3v) is 8.00. The van der Waals surface area contributed by atoms with Gasteiger partial charge in [-0.25, -0.2) is 0 Å². The molecule has 0 fully saturated rings. The van der Waals surface area contributed by atoms with Crippen molar-refractivity contribution in [2.75, 3.05) is 0 Å². The largest absolute Gasteiger partial charge is 0.236 e. The molecule has 0 N–H and O–H groups in total. The lowest BCUT2D eigenvalue weighted by molar-refractivity contribution is 0.997. The molecule has 7 aromatic rings. The maximum absolute atomic E-state index is 9.52. The molecule has 0 spiro atoms. The van der Waals surface area contributed by atoms with Gasteiger partial charge in [0.25, 0.3) is 0 Å². The minimum absolute atomic E-state index is 0.0768. The number of nitrogens with zero attached hydrogens (tertiary/aromatic N) is 5. The number of aromatic nitrogens is 3. The van der Waals surface area contributed by atoms with Crippen LogP contribution in [0.1, 0.15) is 11.6 Å². The predicted octanol–water partition coefficient (Wildman–Crippen LogP) is 8.57. The summed E-state index contributed by atoms with van der Waals surface area (Å²) < 4.78 is 0. The summed E-state index contributed by atoms with van der Waals surface area (Å²) in [4.78, 5) is 12.7. The predicted molar refractivity (Wildman–Crippen MR) is 165 cm³/mol. The highest BCUT2D eigenvalue weighted by molar-refractivity contribution is 6.28. The first-order valence-corrected chi connectivity index (χ1v) is 13.6. The summed E-state index contributed by atoms with van der Waals surface area (Å²) in [6.45, 7) is 0. The molecule has 1 aliphatic rings. The molecule has 0 atom stereocenters. The van der Waals surface area contributed by atoms with Crippen molar-refractivity contribution in [2.45, 2.75) is 0 Å². The van der Waals surface area contributed by atoms with E-state index in [0.29, 0.717) is 5.82 Å². The van der Waals surface area contributed by atoms with E-state index in [-0.39, 0.29) is 11.6 Å². The van der Waals surface area contributed by atoms with Crippen molar-refractivity contribution < 1.29 is 0 Å². The molecule has 5 heteroatoms. The SMILES string of the molecule is N#Cc1nc(C#N)nc(-c2ccc3c4c(cccc24)-c2c-3c(-c3ccccc3)c3ccccc3c2-c2ccccc2)n1. The Morgan fingerprint density at radius 3 is 1.43 bits per heavy atom. The average Bonchev–Trinajstić information content (AvgIpc) is 3.39. The molecule has 42 heavy (non-hydrogen) atoms. The first kappa shape index (κ1) is 23.7. The van der Waals surface area contributed by atoms with Crippen molar-refractivity contribution in [2.24, 2.45) is 0 Å². The molecule has 5 nitrogen and oxygen atoms in total. The minimum Gasteiger partial charge on any atom is -0.199 e. The van der Waals surface area contributed by atoms with Crippen molar-refractivity contribution in [3.63, 3.8) is 0 Å². The van der Waals surface area contributed by atoms with Crippen LogP contribution in [0.25, 0.3) is 77.4 Å². The Hall–Kier alpha value is -6.17. The van der Waals surface area contributed by atoms with E-state index in [1.807, 2.05) is 30.3 Å². The van der Waals surface area contributed by atoms with E-state index >= 15 is 0 Å². The van der Waals surface area contributed by atoms with E-state index in [0.717, 1.165) is 38.6 Å². The smallest absolute Gasteiger partial charge is 0.199 e. The number of hydrogen-bond donors (Lipinski definition) is 0. The molecule has 8 rings (SSSR count). The lowest BCUT2D eigenvalue weighted by Gasteiger charge is -2.20. The lowest BCUT2D eigenvalue weighted by Crippen LogP contribution is -2.01. The fraction of sp³-hybridized carbons (Fsp3) is 0. The maximum Gasteiger partial charge on any atom is 0.236 e. The van der Waals surface area contributed by atoms with Gasteiger partial charge in [0.05, 0.1) is 0 Å². The van der Waals surface area contributed by atoms with Gasteiger partial charge >= 0.3 is 0 Å². The van der Waals surface area contributed by atoms with Crippen molar-refractivity contribution in [3.05, 3.63) is 127 Å². The average molecular weight is 534 g/mol. The summed E-state index contributed by atoms with van der Waals surface area (Å²) in [6, 6.07) is 44.2. The van der Waals surface area contributed by atoms with Gasteiger partial charge in [0, 0.05) is 5.56 Å². The van der Waals surface area contributed by atoms with Gasteiger partial charge in [0.2, 0.25) is 11.6 Å². The fourth-order valence-corrected chi connectivity index (χ4v) is 6.40. The van der Waals surface area contributed by atoms with Crippen LogP contribution in [0.5, 0.6) is 0 Å². The summed E-state index contributed by atoms with van der Waals surface area (Å²) in [5.41, 5.74) is 10.1. The van der Waals surface area contributed by atoms with Gasteiger partial charge < -0.3 is 0 Å². The van der Waals surface area contributed by atoms with Crippen molar-refractivity contribution in [3.8, 4) is 68.0 Å². The highest BCUT2D eigenvalue weighted by Crippen LogP contribution is 2.58. The second-order valence-corrected chi connectivity index (χ2v) is 10.2. The normalized spacial score (nSPS) is 11.3. The van der Waals surface area contributed by atoms with Crippen molar-refractivity contribution in [1.29, 1.82) is 10.5 Å². The molecule has 0 unspecified atom stereocenters. The molecule has 192 valence electrons. The zero-order chi connectivity index (χ0) is 28.2. The van der Waals surface area contributed by atoms with Crippen LogP contribution in [0.3, 0.4) is 0 Å². The Balaban J connectivity index is 1.55. The molecule has 1 aromatic heterocycles. The van der Waals surface area contributed by atoms with Crippen molar-refractivity contribution >= 4 is 21.5 Å². The second kappa shape index (κ2) is 9.20. The molecule has 0 saturated heterocycles.